The third-order valence-corrected chi connectivity index (χ3v) is 4.97. The first kappa shape index (κ1) is 21.0. The molecule has 30 heavy (non-hydrogen) atoms. The summed E-state index contributed by atoms with van der Waals surface area (Å²) in [7, 11) is 0. The molecule has 0 atom stereocenters. The summed E-state index contributed by atoms with van der Waals surface area (Å²) < 4.78 is 0. The van der Waals surface area contributed by atoms with Gasteiger partial charge in [-0.3, -0.25) is 14.9 Å². The van der Waals surface area contributed by atoms with Crippen molar-refractivity contribution in [3.05, 3.63) is 111 Å². The summed E-state index contributed by atoms with van der Waals surface area (Å²) in [6.07, 6.45) is 3.18. The van der Waals surface area contributed by atoms with Gasteiger partial charge in [0.1, 0.15) is 0 Å². The molecule has 0 radical (unpaired) electrons. The van der Waals surface area contributed by atoms with Gasteiger partial charge in [0, 0.05) is 36.0 Å². The molecule has 0 N–H and O–H groups in total. The van der Waals surface area contributed by atoms with Gasteiger partial charge in [-0.05, 0) is 43.2 Å². The molecule has 3 aromatic rings. The smallest absolute Gasteiger partial charge is 0.273 e. The second kappa shape index (κ2) is 9.65. The standard InChI is InChI=1S/C25H24N2O3/c1-3-26(18-21-7-5-4-6-8-21)23-14-10-20(11-15-23)12-16-25(28)22-13-9-19(2)24(17-22)27(29)30/h4-17H,3,18H2,1-2H3/b16-12+. The number of nitrogens with zero attached hydrogens (tertiary/aromatic N) is 2. The molecule has 3 rings (SSSR count). The average Bonchev–Trinajstić information content (AvgIpc) is 2.77. The number of hydrogen-bond donors (Lipinski definition) is 0. The Morgan fingerprint density at radius 1 is 1.03 bits per heavy atom. The summed E-state index contributed by atoms with van der Waals surface area (Å²) in [5.41, 5.74) is 4.05. The lowest BCUT2D eigenvalue weighted by Gasteiger charge is -2.23. The maximum atomic E-state index is 12.4. The minimum absolute atomic E-state index is 0.0447. The van der Waals surface area contributed by atoms with Crippen LogP contribution in [-0.2, 0) is 6.54 Å². The maximum Gasteiger partial charge on any atom is 0.273 e. The number of hydrogen-bond acceptors (Lipinski definition) is 4. The zero-order valence-electron chi connectivity index (χ0n) is 17.1. The molecule has 0 fully saturated rings. The topological polar surface area (TPSA) is 63.5 Å². The zero-order chi connectivity index (χ0) is 21.5. The molecular weight excluding hydrogens is 376 g/mol. The molecule has 0 aliphatic carbocycles. The van der Waals surface area contributed by atoms with Gasteiger partial charge >= 0.3 is 0 Å². The quantitative estimate of drug-likeness (QED) is 0.207. The second-order valence-corrected chi connectivity index (χ2v) is 7.05. The molecular formula is C25H24N2O3. The van der Waals surface area contributed by atoms with E-state index in [1.807, 2.05) is 42.5 Å². The lowest BCUT2D eigenvalue weighted by atomic mass is 10.1. The summed E-state index contributed by atoms with van der Waals surface area (Å²) in [6.45, 7) is 5.49. The molecule has 0 aliphatic rings. The lowest BCUT2D eigenvalue weighted by Crippen LogP contribution is -2.21. The van der Waals surface area contributed by atoms with Gasteiger partial charge in [0.2, 0.25) is 0 Å². The Morgan fingerprint density at radius 3 is 2.37 bits per heavy atom. The van der Waals surface area contributed by atoms with Crippen LogP contribution < -0.4 is 4.90 Å². The van der Waals surface area contributed by atoms with E-state index in [1.54, 1.807) is 25.1 Å². The highest BCUT2D eigenvalue weighted by atomic mass is 16.6. The molecule has 152 valence electrons. The van der Waals surface area contributed by atoms with E-state index in [-0.39, 0.29) is 11.5 Å². The van der Waals surface area contributed by atoms with Gasteiger partial charge in [-0.1, -0.05) is 60.7 Å². The summed E-state index contributed by atoms with van der Waals surface area (Å²) >= 11 is 0. The molecule has 3 aromatic carbocycles. The fourth-order valence-corrected chi connectivity index (χ4v) is 3.21. The maximum absolute atomic E-state index is 12.4. The number of nitro benzene ring substituents is 1. The van der Waals surface area contributed by atoms with Crippen molar-refractivity contribution in [3.63, 3.8) is 0 Å². The van der Waals surface area contributed by atoms with Crippen molar-refractivity contribution in [1.29, 1.82) is 0 Å². The van der Waals surface area contributed by atoms with E-state index in [1.165, 1.54) is 17.7 Å². The Labute approximate surface area is 176 Å². The van der Waals surface area contributed by atoms with Gasteiger partial charge in [0.25, 0.3) is 5.69 Å². The van der Waals surface area contributed by atoms with Crippen LogP contribution in [0.4, 0.5) is 11.4 Å². The summed E-state index contributed by atoms with van der Waals surface area (Å²) in [4.78, 5) is 25.3. The Bertz CT molecular complexity index is 1060. The van der Waals surface area contributed by atoms with Crippen LogP contribution in [0, 0.1) is 17.0 Å². The highest BCUT2D eigenvalue weighted by Gasteiger charge is 2.13. The molecule has 0 aliphatic heterocycles. The number of rotatable bonds is 8. The molecule has 5 heteroatoms. The van der Waals surface area contributed by atoms with E-state index < -0.39 is 4.92 Å². The molecule has 0 spiro atoms. The number of carbonyl (C=O) groups is 1. The first-order valence-corrected chi connectivity index (χ1v) is 9.84. The van der Waals surface area contributed by atoms with E-state index in [4.69, 9.17) is 0 Å². The van der Waals surface area contributed by atoms with Crippen molar-refractivity contribution in [1.82, 2.24) is 0 Å². The molecule has 0 unspecified atom stereocenters. The van der Waals surface area contributed by atoms with Crippen LogP contribution in [0.2, 0.25) is 0 Å². The highest BCUT2D eigenvalue weighted by Crippen LogP contribution is 2.21. The van der Waals surface area contributed by atoms with Crippen LogP contribution in [0.1, 0.15) is 34.0 Å². The summed E-state index contributed by atoms with van der Waals surface area (Å²) in [5, 5.41) is 11.1. The van der Waals surface area contributed by atoms with Crippen molar-refractivity contribution in [2.45, 2.75) is 20.4 Å². The molecule has 0 heterocycles. The molecule has 0 aromatic heterocycles. The van der Waals surface area contributed by atoms with E-state index in [0.29, 0.717) is 11.1 Å². The number of ketones is 1. The van der Waals surface area contributed by atoms with Crippen molar-refractivity contribution in [2.24, 2.45) is 0 Å². The largest absolute Gasteiger partial charge is 0.367 e. The van der Waals surface area contributed by atoms with Crippen LogP contribution in [0.15, 0.2) is 78.9 Å². The second-order valence-electron chi connectivity index (χ2n) is 7.05. The van der Waals surface area contributed by atoms with Crippen LogP contribution in [0.3, 0.4) is 0 Å². The fraction of sp³-hybridized carbons (Fsp3) is 0.160. The third kappa shape index (κ3) is 5.20. The number of aryl methyl sites for hydroxylation is 1. The monoisotopic (exact) mass is 400 g/mol. The van der Waals surface area contributed by atoms with Crippen molar-refractivity contribution in [2.75, 3.05) is 11.4 Å². The Hall–Kier alpha value is -3.73. The number of anilines is 1. The Kier molecular flexibility index (Phi) is 6.75. The van der Waals surface area contributed by atoms with Gasteiger partial charge in [-0.25, -0.2) is 0 Å². The minimum Gasteiger partial charge on any atom is -0.367 e. The van der Waals surface area contributed by atoms with Crippen LogP contribution in [0.5, 0.6) is 0 Å². The third-order valence-electron chi connectivity index (χ3n) is 4.97. The van der Waals surface area contributed by atoms with Gasteiger partial charge in [0.15, 0.2) is 5.78 Å². The Balaban J connectivity index is 1.70. The molecule has 0 saturated carbocycles. The average molecular weight is 400 g/mol. The number of carbonyl (C=O) groups excluding carboxylic acids is 1. The lowest BCUT2D eigenvalue weighted by molar-refractivity contribution is -0.385. The molecule has 0 saturated heterocycles. The number of benzene rings is 3. The molecule has 0 amide bonds. The first-order valence-electron chi connectivity index (χ1n) is 9.84. The fourth-order valence-electron chi connectivity index (χ4n) is 3.21. The summed E-state index contributed by atoms with van der Waals surface area (Å²) in [5.74, 6) is -0.263. The van der Waals surface area contributed by atoms with E-state index in [9.17, 15) is 14.9 Å². The zero-order valence-corrected chi connectivity index (χ0v) is 17.1. The summed E-state index contributed by atoms with van der Waals surface area (Å²) in [6, 6.07) is 22.8. The minimum atomic E-state index is -0.469. The van der Waals surface area contributed by atoms with Gasteiger partial charge in [-0.2, -0.15) is 0 Å². The first-order chi connectivity index (χ1) is 14.5. The van der Waals surface area contributed by atoms with Gasteiger partial charge in [0.05, 0.1) is 4.92 Å². The number of nitro groups is 1. The molecule has 0 bridgehead atoms. The van der Waals surface area contributed by atoms with Crippen molar-refractivity contribution < 1.29 is 9.72 Å². The Morgan fingerprint density at radius 2 is 1.73 bits per heavy atom. The van der Waals surface area contributed by atoms with Crippen LogP contribution in [-0.4, -0.2) is 17.3 Å². The predicted octanol–water partition coefficient (Wildman–Crippen LogP) is 5.83. The molecule has 5 nitrogen and oxygen atoms in total. The highest BCUT2D eigenvalue weighted by molar-refractivity contribution is 6.07. The normalized spacial score (nSPS) is 10.9. The van der Waals surface area contributed by atoms with Crippen molar-refractivity contribution >= 4 is 23.2 Å². The number of allylic oxidation sites excluding steroid dienone is 1. The van der Waals surface area contributed by atoms with E-state index >= 15 is 0 Å². The van der Waals surface area contributed by atoms with Crippen LogP contribution >= 0.6 is 0 Å². The van der Waals surface area contributed by atoms with E-state index in [0.717, 1.165) is 24.3 Å². The van der Waals surface area contributed by atoms with Crippen molar-refractivity contribution in [3.8, 4) is 0 Å². The van der Waals surface area contributed by atoms with E-state index in [2.05, 4.69) is 24.0 Å². The predicted molar refractivity (Wildman–Crippen MR) is 121 cm³/mol. The van der Waals surface area contributed by atoms with Gasteiger partial charge < -0.3 is 4.90 Å². The van der Waals surface area contributed by atoms with Gasteiger partial charge in [-0.15, -0.1) is 0 Å². The SMILES string of the molecule is CCN(Cc1ccccc1)c1ccc(/C=C/C(=O)c2ccc(C)c([N+](=O)[O-])c2)cc1. The van der Waals surface area contributed by atoms with Crippen LogP contribution in [0.25, 0.3) is 6.08 Å².